The predicted molar refractivity (Wildman–Crippen MR) is 126 cm³/mol. The van der Waals surface area contributed by atoms with Crippen molar-refractivity contribution in [1.82, 2.24) is 14.9 Å². The Labute approximate surface area is 196 Å². The van der Waals surface area contributed by atoms with Crippen molar-refractivity contribution in [2.24, 2.45) is 7.05 Å². The van der Waals surface area contributed by atoms with E-state index < -0.39 is 23.6 Å². The van der Waals surface area contributed by atoms with Crippen LogP contribution in [0.15, 0.2) is 59.7 Å². The Morgan fingerprint density at radius 3 is 2.65 bits per heavy atom. The third kappa shape index (κ3) is 5.91. The minimum Gasteiger partial charge on any atom is -0.505 e. The van der Waals surface area contributed by atoms with Gasteiger partial charge in [0.25, 0.3) is 5.56 Å². The summed E-state index contributed by atoms with van der Waals surface area (Å²) in [6.07, 6.45) is 2.90. The number of anilines is 1. The average molecular weight is 466 g/mol. The van der Waals surface area contributed by atoms with Gasteiger partial charge in [-0.2, -0.15) is 0 Å². The van der Waals surface area contributed by atoms with Crippen LogP contribution < -0.4 is 20.9 Å². The van der Waals surface area contributed by atoms with Gasteiger partial charge in [0.05, 0.1) is 26.2 Å². The summed E-state index contributed by atoms with van der Waals surface area (Å²) in [5, 5.41) is 15.1. The largest absolute Gasteiger partial charge is 0.505 e. The first kappa shape index (κ1) is 24.3. The fourth-order valence-corrected chi connectivity index (χ4v) is 3.29. The first-order chi connectivity index (χ1) is 16.3. The van der Waals surface area contributed by atoms with Crippen molar-refractivity contribution < 1.29 is 24.2 Å². The van der Waals surface area contributed by atoms with Gasteiger partial charge in [0, 0.05) is 31.1 Å². The highest BCUT2D eigenvalue weighted by atomic mass is 16.5. The van der Waals surface area contributed by atoms with Gasteiger partial charge in [-0.15, -0.1) is 0 Å². The Kier molecular flexibility index (Phi) is 7.86. The van der Waals surface area contributed by atoms with E-state index in [4.69, 9.17) is 9.47 Å². The van der Waals surface area contributed by atoms with Crippen LogP contribution in [0.4, 0.5) is 10.5 Å². The molecule has 0 aliphatic carbocycles. The topological polar surface area (TPSA) is 132 Å². The maximum atomic E-state index is 12.7. The molecule has 2 amide bonds. The SMILES string of the molecule is CCOC(=O)C[C@H](NC(=O)Nc1c(O)ccn(C)c1=O)c1cccc(-c2ccc(OC)nc2)c1. The van der Waals surface area contributed by atoms with Crippen molar-refractivity contribution in [2.75, 3.05) is 19.0 Å². The monoisotopic (exact) mass is 466 g/mol. The summed E-state index contributed by atoms with van der Waals surface area (Å²) < 4.78 is 11.4. The number of aromatic nitrogens is 2. The fourth-order valence-electron chi connectivity index (χ4n) is 3.29. The molecule has 0 spiro atoms. The van der Waals surface area contributed by atoms with Crippen molar-refractivity contribution in [3.05, 3.63) is 70.8 Å². The summed E-state index contributed by atoms with van der Waals surface area (Å²) in [6.45, 7) is 1.89. The summed E-state index contributed by atoms with van der Waals surface area (Å²) in [4.78, 5) is 41.4. The van der Waals surface area contributed by atoms with Crippen LogP contribution in [0.1, 0.15) is 24.9 Å². The van der Waals surface area contributed by atoms with Gasteiger partial charge in [-0.1, -0.05) is 18.2 Å². The molecule has 178 valence electrons. The third-order valence-corrected chi connectivity index (χ3v) is 5.03. The van der Waals surface area contributed by atoms with Gasteiger partial charge in [0.15, 0.2) is 5.69 Å². The smallest absolute Gasteiger partial charge is 0.319 e. The van der Waals surface area contributed by atoms with Gasteiger partial charge in [0.2, 0.25) is 5.88 Å². The number of amides is 2. The summed E-state index contributed by atoms with van der Waals surface area (Å²) in [5.74, 6) is -0.384. The Balaban J connectivity index is 1.87. The molecule has 34 heavy (non-hydrogen) atoms. The molecule has 2 heterocycles. The molecule has 0 aliphatic heterocycles. The van der Waals surface area contributed by atoms with Crippen LogP contribution in [0.5, 0.6) is 11.6 Å². The number of rotatable bonds is 8. The number of benzene rings is 1. The lowest BCUT2D eigenvalue weighted by atomic mass is 9.98. The lowest BCUT2D eigenvalue weighted by Crippen LogP contribution is -2.36. The number of carbonyl (C=O) groups excluding carboxylic acids is 2. The van der Waals surface area contributed by atoms with Gasteiger partial charge in [-0.3, -0.25) is 9.59 Å². The quantitative estimate of drug-likeness (QED) is 0.435. The molecule has 3 N–H and O–H groups in total. The van der Waals surface area contributed by atoms with Crippen LogP contribution in [-0.2, 0) is 16.6 Å². The molecule has 3 aromatic rings. The molecule has 0 saturated heterocycles. The van der Waals surface area contributed by atoms with E-state index >= 15 is 0 Å². The number of esters is 1. The molecular formula is C24H26N4O6. The van der Waals surface area contributed by atoms with Crippen molar-refractivity contribution in [3.8, 4) is 22.8 Å². The molecule has 0 radical (unpaired) electrons. The number of nitrogens with zero attached hydrogens (tertiary/aromatic N) is 2. The number of urea groups is 1. The molecule has 3 rings (SSSR count). The van der Waals surface area contributed by atoms with Gasteiger partial charge in [0.1, 0.15) is 5.75 Å². The zero-order valence-corrected chi connectivity index (χ0v) is 19.1. The lowest BCUT2D eigenvalue weighted by molar-refractivity contribution is -0.143. The molecular weight excluding hydrogens is 440 g/mol. The van der Waals surface area contributed by atoms with Crippen LogP contribution in [0.2, 0.25) is 0 Å². The summed E-state index contributed by atoms with van der Waals surface area (Å²) in [6, 6.07) is 10.6. The van der Waals surface area contributed by atoms with E-state index in [1.165, 1.54) is 31.0 Å². The average Bonchev–Trinajstić information content (AvgIpc) is 2.84. The second-order valence-corrected chi connectivity index (χ2v) is 7.37. The van der Waals surface area contributed by atoms with Crippen LogP contribution in [0.3, 0.4) is 0 Å². The zero-order chi connectivity index (χ0) is 24.7. The Morgan fingerprint density at radius 1 is 1.18 bits per heavy atom. The molecule has 10 nitrogen and oxygen atoms in total. The number of pyridine rings is 2. The van der Waals surface area contributed by atoms with Crippen LogP contribution in [0, 0.1) is 0 Å². The van der Waals surface area contributed by atoms with E-state index in [0.717, 1.165) is 11.1 Å². The van der Waals surface area contributed by atoms with Gasteiger partial charge in [-0.05, 0) is 36.2 Å². The number of ether oxygens (including phenoxy) is 2. The number of hydrogen-bond donors (Lipinski definition) is 3. The van der Waals surface area contributed by atoms with Gasteiger partial charge in [-0.25, -0.2) is 9.78 Å². The van der Waals surface area contributed by atoms with Crippen molar-refractivity contribution in [1.29, 1.82) is 0 Å². The third-order valence-electron chi connectivity index (χ3n) is 5.03. The molecule has 0 fully saturated rings. The number of aromatic hydroxyl groups is 1. The molecule has 0 bridgehead atoms. The number of hydrogen-bond acceptors (Lipinski definition) is 7. The van der Waals surface area contributed by atoms with Gasteiger partial charge < -0.3 is 29.8 Å². The standard InChI is InChI=1S/C24H26N4O6/c1-4-34-21(30)13-18(26-24(32)27-22-19(29)10-11-28(2)23(22)31)16-7-5-6-15(12-16)17-8-9-20(33-3)25-14-17/h5-12,14,18,29H,4,13H2,1-3H3,(H2,26,27,32)/t18-/m0/s1. The Morgan fingerprint density at radius 2 is 1.97 bits per heavy atom. The lowest BCUT2D eigenvalue weighted by Gasteiger charge is -2.20. The fraction of sp³-hybridized carbons (Fsp3) is 0.250. The number of nitrogens with one attached hydrogen (secondary N) is 2. The van der Waals surface area contributed by atoms with Crippen LogP contribution >= 0.6 is 0 Å². The maximum absolute atomic E-state index is 12.7. The highest BCUT2D eigenvalue weighted by Gasteiger charge is 2.21. The van der Waals surface area contributed by atoms with Crippen LogP contribution in [-0.4, -0.2) is 40.4 Å². The summed E-state index contributed by atoms with van der Waals surface area (Å²) in [5.41, 5.74) is 1.43. The summed E-state index contributed by atoms with van der Waals surface area (Å²) >= 11 is 0. The van der Waals surface area contributed by atoms with E-state index in [2.05, 4.69) is 15.6 Å². The first-order valence-electron chi connectivity index (χ1n) is 10.5. The highest BCUT2D eigenvalue weighted by molar-refractivity contribution is 5.91. The van der Waals surface area contributed by atoms with Crippen LogP contribution in [0.25, 0.3) is 11.1 Å². The molecule has 1 aromatic carbocycles. The van der Waals surface area contributed by atoms with E-state index in [0.29, 0.717) is 11.4 Å². The van der Waals surface area contributed by atoms with Crippen molar-refractivity contribution in [2.45, 2.75) is 19.4 Å². The normalized spacial score (nSPS) is 11.4. The molecule has 10 heteroatoms. The number of methoxy groups -OCH3 is 1. The molecule has 1 atom stereocenters. The van der Waals surface area contributed by atoms with E-state index in [9.17, 15) is 19.5 Å². The summed E-state index contributed by atoms with van der Waals surface area (Å²) in [7, 11) is 3.03. The minimum atomic E-state index is -0.764. The maximum Gasteiger partial charge on any atom is 0.319 e. The van der Waals surface area contributed by atoms with E-state index in [1.54, 1.807) is 31.3 Å². The second-order valence-electron chi connectivity index (χ2n) is 7.37. The minimum absolute atomic E-state index is 0.135. The molecule has 0 unspecified atom stereocenters. The highest BCUT2D eigenvalue weighted by Crippen LogP contribution is 2.26. The van der Waals surface area contributed by atoms with Crippen molar-refractivity contribution >= 4 is 17.7 Å². The number of carbonyl (C=O) groups is 2. The van der Waals surface area contributed by atoms with E-state index in [1.807, 2.05) is 18.2 Å². The second kappa shape index (κ2) is 11.0. The van der Waals surface area contributed by atoms with Crippen molar-refractivity contribution in [3.63, 3.8) is 0 Å². The molecule has 0 aliphatic rings. The van der Waals surface area contributed by atoms with E-state index in [-0.39, 0.29) is 24.5 Å². The Hall–Kier alpha value is -4.34. The Bertz CT molecular complexity index is 1220. The molecule has 2 aromatic heterocycles. The number of aryl methyl sites for hydroxylation is 1. The van der Waals surface area contributed by atoms with Gasteiger partial charge >= 0.3 is 12.0 Å². The molecule has 0 saturated carbocycles. The zero-order valence-electron chi connectivity index (χ0n) is 19.1. The predicted octanol–water partition coefficient (Wildman–Crippen LogP) is 2.98. The first-order valence-corrected chi connectivity index (χ1v) is 10.5.